The average molecular weight is 323 g/mol. The van der Waals surface area contributed by atoms with Gasteiger partial charge in [0.2, 0.25) is 0 Å². The van der Waals surface area contributed by atoms with Gasteiger partial charge in [0, 0.05) is 18.5 Å². The van der Waals surface area contributed by atoms with Gasteiger partial charge in [-0.05, 0) is 18.2 Å². The maximum absolute atomic E-state index is 12.9. The number of methoxy groups -OCH3 is 2. The van der Waals surface area contributed by atoms with E-state index in [1.807, 2.05) is 0 Å². The SMILES string of the molecule is COc1ccc(OC)c(-n2ccc3c(cnc4ncnn43)c2=O)c1. The topological polar surface area (TPSA) is 83.5 Å². The Kier molecular flexibility index (Phi) is 3.16. The van der Waals surface area contributed by atoms with Gasteiger partial charge in [-0.2, -0.15) is 14.6 Å². The number of benzene rings is 1. The third kappa shape index (κ3) is 2.00. The molecule has 0 spiro atoms. The molecular formula is C16H13N5O3. The molecule has 0 aliphatic rings. The molecule has 8 heteroatoms. The summed E-state index contributed by atoms with van der Waals surface area (Å²) < 4.78 is 13.6. The molecule has 0 radical (unpaired) electrons. The first-order chi connectivity index (χ1) is 11.7. The number of hydrogen-bond donors (Lipinski definition) is 0. The van der Waals surface area contributed by atoms with Crippen LogP contribution < -0.4 is 15.0 Å². The Hall–Kier alpha value is -3.42. The van der Waals surface area contributed by atoms with Crippen LogP contribution >= 0.6 is 0 Å². The maximum Gasteiger partial charge on any atom is 0.266 e. The van der Waals surface area contributed by atoms with Crippen molar-refractivity contribution in [2.24, 2.45) is 0 Å². The van der Waals surface area contributed by atoms with E-state index in [0.717, 1.165) is 0 Å². The molecule has 3 aromatic heterocycles. The Labute approximate surface area is 135 Å². The van der Waals surface area contributed by atoms with Gasteiger partial charge < -0.3 is 9.47 Å². The minimum Gasteiger partial charge on any atom is -0.497 e. The number of aromatic nitrogens is 5. The molecular weight excluding hydrogens is 310 g/mol. The highest BCUT2D eigenvalue weighted by Crippen LogP contribution is 2.27. The molecule has 0 atom stereocenters. The lowest BCUT2D eigenvalue weighted by Crippen LogP contribution is -2.19. The molecule has 0 unspecified atom stereocenters. The van der Waals surface area contributed by atoms with E-state index in [9.17, 15) is 4.79 Å². The zero-order valence-corrected chi connectivity index (χ0v) is 13.0. The van der Waals surface area contributed by atoms with Gasteiger partial charge in [0.05, 0.1) is 30.8 Å². The molecule has 0 aliphatic heterocycles. The van der Waals surface area contributed by atoms with E-state index in [0.29, 0.717) is 33.9 Å². The molecule has 120 valence electrons. The van der Waals surface area contributed by atoms with E-state index in [4.69, 9.17) is 9.47 Å². The van der Waals surface area contributed by atoms with Crippen molar-refractivity contribution in [2.75, 3.05) is 14.2 Å². The van der Waals surface area contributed by atoms with Gasteiger partial charge in [0.1, 0.15) is 17.8 Å². The summed E-state index contributed by atoms with van der Waals surface area (Å²) in [7, 11) is 3.12. The van der Waals surface area contributed by atoms with Crippen molar-refractivity contribution >= 4 is 16.7 Å². The summed E-state index contributed by atoms with van der Waals surface area (Å²) in [6, 6.07) is 7.06. The summed E-state index contributed by atoms with van der Waals surface area (Å²) in [4.78, 5) is 21.1. The van der Waals surface area contributed by atoms with Gasteiger partial charge in [0.15, 0.2) is 0 Å². The number of nitrogens with zero attached hydrogens (tertiary/aromatic N) is 5. The normalized spacial score (nSPS) is 11.1. The van der Waals surface area contributed by atoms with Crippen molar-refractivity contribution in [1.29, 1.82) is 0 Å². The first-order valence-corrected chi connectivity index (χ1v) is 7.15. The van der Waals surface area contributed by atoms with Crippen molar-refractivity contribution in [3.8, 4) is 17.2 Å². The molecule has 1 aromatic carbocycles. The number of ether oxygens (including phenoxy) is 2. The average Bonchev–Trinajstić information content (AvgIpc) is 3.10. The van der Waals surface area contributed by atoms with Crippen LogP contribution in [0, 0.1) is 0 Å². The molecule has 0 saturated heterocycles. The Balaban J connectivity index is 2.03. The second-order valence-electron chi connectivity index (χ2n) is 5.06. The van der Waals surface area contributed by atoms with E-state index < -0.39 is 0 Å². The Morgan fingerprint density at radius 1 is 1.08 bits per heavy atom. The summed E-state index contributed by atoms with van der Waals surface area (Å²) in [6.45, 7) is 0. The second-order valence-corrected chi connectivity index (χ2v) is 5.06. The quantitative estimate of drug-likeness (QED) is 0.567. The van der Waals surface area contributed by atoms with Gasteiger partial charge in [0.25, 0.3) is 11.3 Å². The van der Waals surface area contributed by atoms with Crippen LogP contribution in [0.25, 0.3) is 22.4 Å². The van der Waals surface area contributed by atoms with E-state index in [2.05, 4.69) is 15.1 Å². The van der Waals surface area contributed by atoms with Crippen molar-refractivity contribution < 1.29 is 9.47 Å². The summed E-state index contributed by atoms with van der Waals surface area (Å²) in [5.41, 5.74) is 0.993. The summed E-state index contributed by atoms with van der Waals surface area (Å²) in [5.74, 6) is 1.63. The summed E-state index contributed by atoms with van der Waals surface area (Å²) in [5, 5.41) is 4.53. The highest BCUT2D eigenvalue weighted by molar-refractivity contribution is 5.79. The van der Waals surface area contributed by atoms with Crippen LogP contribution in [0.5, 0.6) is 11.5 Å². The van der Waals surface area contributed by atoms with Crippen molar-refractivity contribution in [3.63, 3.8) is 0 Å². The standard InChI is InChI=1S/C16H13N5O3/c1-23-10-3-4-14(24-2)13(7-10)20-6-5-12-11(15(20)22)8-17-16-18-9-19-21(12)16/h3-9H,1-2H3. The van der Waals surface area contributed by atoms with Gasteiger partial charge in [-0.3, -0.25) is 9.36 Å². The van der Waals surface area contributed by atoms with Crippen molar-refractivity contribution in [2.45, 2.75) is 0 Å². The predicted octanol–water partition coefficient (Wildman–Crippen LogP) is 1.45. The van der Waals surface area contributed by atoms with E-state index in [1.54, 1.807) is 44.7 Å². The molecule has 0 aliphatic carbocycles. The first-order valence-electron chi connectivity index (χ1n) is 7.15. The predicted molar refractivity (Wildman–Crippen MR) is 87.0 cm³/mol. The molecule has 0 saturated carbocycles. The fourth-order valence-corrected chi connectivity index (χ4v) is 2.64. The highest BCUT2D eigenvalue weighted by Gasteiger charge is 2.13. The van der Waals surface area contributed by atoms with Crippen molar-refractivity contribution in [3.05, 3.63) is 53.3 Å². The summed E-state index contributed by atoms with van der Waals surface area (Å²) in [6.07, 6.45) is 4.58. The van der Waals surface area contributed by atoms with Crippen LogP contribution in [-0.4, -0.2) is 38.4 Å². The highest BCUT2D eigenvalue weighted by atomic mass is 16.5. The maximum atomic E-state index is 12.9. The van der Waals surface area contributed by atoms with Crippen LogP contribution in [0.2, 0.25) is 0 Å². The molecule has 0 bridgehead atoms. The zero-order valence-electron chi connectivity index (χ0n) is 13.0. The number of hydrogen-bond acceptors (Lipinski definition) is 6. The van der Waals surface area contributed by atoms with Crippen LogP contribution in [-0.2, 0) is 0 Å². The molecule has 3 heterocycles. The number of rotatable bonds is 3. The fourth-order valence-electron chi connectivity index (χ4n) is 2.64. The number of pyridine rings is 1. The van der Waals surface area contributed by atoms with E-state index in [-0.39, 0.29) is 5.56 Å². The molecule has 24 heavy (non-hydrogen) atoms. The molecule has 0 fully saturated rings. The molecule has 8 nitrogen and oxygen atoms in total. The third-order valence-corrected chi connectivity index (χ3v) is 3.82. The van der Waals surface area contributed by atoms with E-state index >= 15 is 0 Å². The summed E-state index contributed by atoms with van der Waals surface area (Å²) >= 11 is 0. The number of fused-ring (bicyclic) bond motifs is 3. The lowest BCUT2D eigenvalue weighted by atomic mass is 10.2. The lowest BCUT2D eigenvalue weighted by molar-refractivity contribution is 0.401. The fraction of sp³-hybridized carbons (Fsp3) is 0.125. The molecule has 4 aromatic rings. The van der Waals surface area contributed by atoms with Gasteiger partial charge in [-0.25, -0.2) is 4.98 Å². The molecule has 4 rings (SSSR count). The zero-order chi connectivity index (χ0) is 16.7. The van der Waals surface area contributed by atoms with Gasteiger partial charge >= 0.3 is 0 Å². The third-order valence-electron chi connectivity index (χ3n) is 3.82. The monoisotopic (exact) mass is 323 g/mol. The van der Waals surface area contributed by atoms with Crippen LogP contribution in [0.3, 0.4) is 0 Å². The Morgan fingerprint density at radius 2 is 1.96 bits per heavy atom. The minimum atomic E-state index is -0.232. The van der Waals surface area contributed by atoms with Crippen LogP contribution in [0.15, 0.2) is 47.8 Å². The molecule has 0 N–H and O–H groups in total. The minimum absolute atomic E-state index is 0.232. The molecule has 0 amide bonds. The van der Waals surface area contributed by atoms with Crippen LogP contribution in [0.4, 0.5) is 0 Å². The smallest absolute Gasteiger partial charge is 0.266 e. The van der Waals surface area contributed by atoms with E-state index in [1.165, 1.54) is 21.6 Å². The Morgan fingerprint density at radius 3 is 2.75 bits per heavy atom. The largest absolute Gasteiger partial charge is 0.497 e. The van der Waals surface area contributed by atoms with Gasteiger partial charge in [-0.1, -0.05) is 0 Å². The Bertz CT molecular complexity index is 1120. The lowest BCUT2D eigenvalue weighted by Gasteiger charge is -2.13. The van der Waals surface area contributed by atoms with Crippen LogP contribution in [0.1, 0.15) is 0 Å². The second kappa shape index (κ2) is 5.34. The van der Waals surface area contributed by atoms with Crippen molar-refractivity contribution in [1.82, 2.24) is 24.1 Å². The van der Waals surface area contributed by atoms with Gasteiger partial charge in [-0.15, -0.1) is 0 Å². The first kappa shape index (κ1) is 14.2.